The third-order valence-electron chi connectivity index (χ3n) is 3.88. The van der Waals surface area contributed by atoms with Crippen molar-refractivity contribution in [3.05, 3.63) is 11.2 Å². The lowest BCUT2D eigenvalue weighted by Crippen LogP contribution is -2.48. The number of rotatable bonds is 8. The molecule has 1 aromatic heterocycles. The van der Waals surface area contributed by atoms with Crippen molar-refractivity contribution in [2.75, 3.05) is 57.1 Å². The average molecular weight is 402 g/mol. The van der Waals surface area contributed by atoms with E-state index in [1.165, 1.54) is 11.8 Å². The molecule has 2 rings (SSSR count). The highest BCUT2D eigenvalue weighted by Crippen LogP contribution is 2.22. The van der Waals surface area contributed by atoms with Crippen LogP contribution in [0.1, 0.15) is 13.3 Å². The fourth-order valence-electron chi connectivity index (χ4n) is 2.49. The molecule has 0 spiro atoms. The lowest BCUT2D eigenvalue weighted by molar-refractivity contribution is -0.131. The van der Waals surface area contributed by atoms with Gasteiger partial charge < -0.3 is 19.9 Å². The van der Waals surface area contributed by atoms with E-state index in [0.29, 0.717) is 56.1 Å². The first-order valence-corrected chi connectivity index (χ1v) is 9.85. The Kier molecular flexibility index (Phi) is 8.40. The van der Waals surface area contributed by atoms with Crippen LogP contribution in [0.5, 0.6) is 0 Å². The van der Waals surface area contributed by atoms with Gasteiger partial charge in [-0.3, -0.25) is 9.59 Å². The summed E-state index contributed by atoms with van der Waals surface area (Å²) in [4.78, 5) is 36.2. The number of nitrogens with zero attached hydrogens (tertiary/aromatic N) is 4. The molecule has 1 saturated heterocycles. The minimum absolute atomic E-state index is 0.108. The monoisotopic (exact) mass is 401 g/mol. The molecule has 26 heavy (non-hydrogen) atoms. The number of hydrogen-bond donors (Lipinski definition) is 1. The number of halogens is 1. The number of piperazine rings is 1. The van der Waals surface area contributed by atoms with Crippen LogP contribution in [0.2, 0.25) is 5.15 Å². The van der Waals surface area contributed by atoms with E-state index in [1.807, 2.05) is 11.8 Å². The van der Waals surface area contributed by atoms with Gasteiger partial charge in [-0.1, -0.05) is 30.3 Å². The molecule has 1 fully saturated rings. The molecule has 1 N–H and O–H groups in total. The summed E-state index contributed by atoms with van der Waals surface area (Å²) in [5, 5.41) is 3.54. The van der Waals surface area contributed by atoms with Crippen molar-refractivity contribution in [1.29, 1.82) is 0 Å². The van der Waals surface area contributed by atoms with Gasteiger partial charge in [-0.05, 0) is 0 Å². The van der Waals surface area contributed by atoms with Gasteiger partial charge in [0, 0.05) is 52.3 Å². The van der Waals surface area contributed by atoms with Crippen LogP contribution in [0.15, 0.2) is 11.2 Å². The summed E-state index contributed by atoms with van der Waals surface area (Å²) >= 11 is 7.35. The van der Waals surface area contributed by atoms with Crippen LogP contribution in [-0.4, -0.2) is 78.9 Å². The molecule has 144 valence electrons. The number of thioether (sulfide) groups is 1. The van der Waals surface area contributed by atoms with E-state index in [4.69, 9.17) is 16.3 Å². The molecule has 2 amide bonds. The van der Waals surface area contributed by atoms with Crippen LogP contribution in [0.3, 0.4) is 0 Å². The zero-order valence-electron chi connectivity index (χ0n) is 15.0. The number of methoxy groups -OCH3 is 1. The van der Waals surface area contributed by atoms with Gasteiger partial charge in [0.1, 0.15) is 11.0 Å². The Labute approximate surface area is 162 Å². The molecule has 0 radical (unpaired) electrons. The van der Waals surface area contributed by atoms with E-state index in [-0.39, 0.29) is 17.6 Å². The van der Waals surface area contributed by atoms with Gasteiger partial charge in [0.05, 0.1) is 12.4 Å². The van der Waals surface area contributed by atoms with Crippen molar-refractivity contribution in [2.45, 2.75) is 18.5 Å². The zero-order chi connectivity index (χ0) is 18.9. The maximum atomic E-state index is 11.8. The summed E-state index contributed by atoms with van der Waals surface area (Å²) < 4.78 is 4.89. The molecule has 1 aromatic rings. The summed E-state index contributed by atoms with van der Waals surface area (Å²) in [7, 11) is 1.58. The Hall–Kier alpha value is -1.58. The van der Waals surface area contributed by atoms with Crippen LogP contribution in [0, 0.1) is 0 Å². The summed E-state index contributed by atoms with van der Waals surface area (Å²) in [6.45, 7) is 5.53. The first-order chi connectivity index (χ1) is 12.5. The molecular weight excluding hydrogens is 378 g/mol. The first-order valence-electron chi connectivity index (χ1n) is 8.49. The number of amides is 2. The average Bonchev–Trinajstić information content (AvgIpc) is 2.65. The molecule has 10 heteroatoms. The lowest BCUT2D eigenvalue weighted by atomic mass is 10.3. The number of carbonyl (C=O) groups excluding carboxylic acids is 2. The summed E-state index contributed by atoms with van der Waals surface area (Å²) in [5.74, 6) is 0.989. The minimum atomic E-state index is -0.108. The van der Waals surface area contributed by atoms with Gasteiger partial charge in [-0.2, -0.15) is 0 Å². The van der Waals surface area contributed by atoms with Gasteiger partial charge >= 0.3 is 0 Å². The fraction of sp³-hybridized carbons (Fsp3) is 0.625. The normalized spacial score (nSPS) is 14.4. The third kappa shape index (κ3) is 6.30. The maximum absolute atomic E-state index is 11.8. The highest BCUT2D eigenvalue weighted by Gasteiger charge is 2.21. The van der Waals surface area contributed by atoms with Crippen molar-refractivity contribution >= 4 is 41.0 Å². The molecule has 0 aromatic carbocycles. The van der Waals surface area contributed by atoms with E-state index in [0.717, 1.165) is 5.82 Å². The number of anilines is 1. The van der Waals surface area contributed by atoms with Crippen molar-refractivity contribution in [3.8, 4) is 0 Å². The van der Waals surface area contributed by atoms with Crippen LogP contribution >= 0.6 is 23.4 Å². The predicted molar refractivity (Wildman–Crippen MR) is 102 cm³/mol. The number of carbonyl (C=O) groups is 2. The van der Waals surface area contributed by atoms with Gasteiger partial charge in [0.25, 0.3) is 0 Å². The van der Waals surface area contributed by atoms with Crippen molar-refractivity contribution in [1.82, 2.24) is 20.2 Å². The lowest BCUT2D eigenvalue weighted by Gasteiger charge is -2.35. The van der Waals surface area contributed by atoms with Crippen LogP contribution in [-0.2, 0) is 14.3 Å². The van der Waals surface area contributed by atoms with E-state index in [1.54, 1.807) is 13.2 Å². The van der Waals surface area contributed by atoms with Crippen LogP contribution in [0.4, 0.5) is 5.82 Å². The van der Waals surface area contributed by atoms with E-state index in [9.17, 15) is 9.59 Å². The number of ether oxygens (including phenoxy) is 1. The largest absolute Gasteiger partial charge is 0.383 e. The summed E-state index contributed by atoms with van der Waals surface area (Å²) in [6, 6.07) is 1.71. The van der Waals surface area contributed by atoms with Crippen LogP contribution in [0.25, 0.3) is 0 Å². The second-order valence-electron chi connectivity index (χ2n) is 5.68. The van der Waals surface area contributed by atoms with E-state index in [2.05, 4.69) is 20.2 Å². The predicted octanol–water partition coefficient (Wildman–Crippen LogP) is 1.04. The molecule has 0 atom stereocenters. The molecule has 1 aliphatic heterocycles. The SMILES string of the molecule is CCC(=O)N1CCN(c2cc(Cl)nc(SCC(=O)NCCOC)n2)CC1. The smallest absolute Gasteiger partial charge is 0.230 e. The van der Waals surface area contributed by atoms with Crippen molar-refractivity contribution in [2.24, 2.45) is 0 Å². The Morgan fingerprint density at radius 2 is 2.04 bits per heavy atom. The van der Waals surface area contributed by atoms with E-state index < -0.39 is 0 Å². The second-order valence-corrected chi connectivity index (χ2v) is 7.01. The Bertz CT molecular complexity index is 626. The molecule has 1 aliphatic rings. The Morgan fingerprint density at radius 1 is 1.31 bits per heavy atom. The molecule has 2 heterocycles. The highest BCUT2D eigenvalue weighted by atomic mass is 35.5. The quantitative estimate of drug-likeness (QED) is 0.301. The summed E-state index contributed by atoms with van der Waals surface area (Å²) in [5.41, 5.74) is 0. The van der Waals surface area contributed by atoms with Crippen molar-refractivity contribution in [3.63, 3.8) is 0 Å². The van der Waals surface area contributed by atoms with Crippen LogP contribution < -0.4 is 10.2 Å². The molecule has 0 aliphatic carbocycles. The van der Waals surface area contributed by atoms with Gasteiger partial charge in [0.2, 0.25) is 11.8 Å². The Balaban J connectivity index is 1.91. The molecule has 0 unspecified atom stereocenters. The maximum Gasteiger partial charge on any atom is 0.230 e. The fourth-order valence-corrected chi connectivity index (χ4v) is 3.41. The Morgan fingerprint density at radius 3 is 2.69 bits per heavy atom. The minimum Gasteiger partial charge on any atom is -0.383 e. The second kappa shape index (κ2) is 10.5. The molecule has 8 nitrogen and oxygen atoms in total. The molecular formula is C16H24ClN5O3S. The van der Waals surface area contributed by atoms with Gasteiger partial charge in [-0.15, -0.1) is 0 Å². The van der Waals surface area contributed by atoms with E-state index >= 15 is 0 Å². The number of nitrogens with one attached hydrogen (secondary N) is 1. The van der Waals surface area contributed by atoms with Gasteiger partial charge in [0.15, 0.2) is 5.16 Å². The topological polar surface area (TPSA) is 87.7 Å². The van der Waals surface area contributed by atoms with Gasteiger partial charge in [-0.25, -0.2) is 9.97 Å². The molecule has 0 bridgehead atoms. The summed E-state index contributed by atoms with van der Waals surface area (Å²) in [6.07, 6.45) is 0.520. The highest BCUT2D eigenvalue weighted by molar-refractivity contribution is 7.99. The first kappa shape index (κ1) is 20.7. The third-order valence-corrected chi connectivity index (χ3v) is 4.92. The molecule has 0 saturated carbocycles. The standard InChI is InChI=1S/C16H24ClN5O3S/c1-3-15(24)22-7-5-21(6-8-22)13-10-12(17)19-16(20-13)26-11-14(23)18-4-9-25-2/h10H,3-9,11H2,1-2H3,(H,18,23). The zero-order valence-corrected chi connectivity index (χ0v) is 16.6. The van der Waals surface area contributed by atoms with Crippen molar-refractivity contribution < 1.29 is 14.3 Å². The number of hydrogen-bond acceptors (Lipinski definition) is 7. The number of aromatic nitrogens is 2.